The molecule has 1 amide bonds. The number of amides is 1. The molecule has 0 saturated heterocycles. The quantitative estimate of drug-likeness (QED) is 0.872. The molecule has 1 aliphatic rings. The number of halogens is 2. The second-order valence-electron chi connectivity index (χ2n) is 3.55. The van der Waals surface area contributed by atoms with Crippen LogP contribution in [0.1, 0.15) is 5.56 Å². The van der Waals surface area contributed by atoms with Gasteiger partial charge in [-0.3, -0.25) is 4.79 Å². The molecule has 1 N–H and O–H groups in total. The Hall–Kier alpha value is -1.36. The van der Waals surface area contributed by atoms with Gasteiger partial charge in [-0.15, -0.1) is 0 Å². The first-order chi connectivity index (χ1) is 8.22. The molecule has 0 atom stereocenters. The molecular weight excluding hydrogens is 289 g/mol. The van der Waals surface area contributed by atoms with Crippen molar-refractivity contribution >= 4 is 27.5 Å². The van der Waals surface area contributed by atoms with Crippen molar-refractivity contribution in [2.75, 3.05) is 18.6 Å². The van der Waals surface area contributed by atoms with Crippen LogP contribution in [-0.2, 0) is 11.2 Å². The second-order valence-corrected chi connectivity index (χ2v) is 4.40. The van der Waals surface area contributed by atoms with E-state index in [9.17, 15) is 9.18 Å². The number of alkyl halides is 1. The SMILES string of the molecule is O=C(/C=C/CF)Nc1ccc(Br)c2c1CCO2. The Morgan fingerprint density at radius 2 is 2.41 bits per heavy atom. The summed E-state index contributed by atoms with van der Waals surface area (Å²) in [7, 11) is 0. The first-order valence-electron chi connectivity index (χ1n) is 5.20. The standard InChI is InChI=1S/C12H11BrFNO2/c13-9-3-4-10(8-5-7-17-12(8)9)15-11(16)2-1-6-14/h1-4H,5-7H2,(H,15,16)/b2-1+. The van der Waals surface area contributed by atoms with Gasteiger partial charge in [0.1, 0.15) is 12.4 Å². The summed E-state index contributed by atoms with van der Waals surface area (Å²) in [6.45, 7) is -0.0316. The van der Waals surface area contributed by atoms with Gasteiger partial charge in [-0.05, 0) is 34.1 Å². The van der Waals surface area contributed by atoms with Crippen LogP contribution < -0.4 is 10.1 Å². The predicted molar refractivity (Wildman–Crippen MR) is 67.1 cm³/mol. The highest BCUT2D eigenvalue weighted by Crippen LogP contribution is 2.38. The predicted octanol–water partition coefficient (Wildman–Crippen LogP) is 2.85. The van der Waals surface area contributed by atoms with E-state index in [2.05, 4.69) is 21.2 Å². The fourth-order valence-electron chi connectivity index (χ4n) is 1.70. The van der Waals surface area contributed by atoms with E-state index >= 15 is 0 Å². The molecule has 0 aromatic heterocycles. The Morgan fingerprint density at radius 3 is 3.18 bits per heavy atom. The van der Waals surface area contributed by atoms with Gasteiger partial charge >= 0.3 is 0 Å². The third kappa shape index (κ3) is 2.66. The fourth-order valence-corrected chi connectivity index (χ4v) is 2.19. The zero-order valence-electron chi connectivity index (χ0n) is 9.00. The summed E-state index contributed by atoms with van der Waals surface area (Å²) in [6.07, 6.45) is 3.12. The second kappa shape index (κ2) is 5.31. The highest BCUT2D eigenvalue weighted by molar-refractivity contribution is 9.10. The number of carbonyl (C=O) groups is 1. The maximum atomic E-state index is 11.9. The van der Waals surface area contributed by atoms with E-state index in [1.54, 1.807) is 6.07 Å². The average molecular weight is 300 g/mol. The largest absolute Gasteiger partial charge is 0.492 e. The van der Waals surface area contributed by atoms with Gasteiger partial charge in [-0.2, -0.15) is 0 Å². The van der Waals surface area contributed by atoms with Crippen molar-refractivity contribution < 1.29 is 13.9 Å². The molecule has 0 saturated carbocycles. The lowest BCUT2D eigenvalue weighted by molar-refractivity contribution is -0.111. The van der Waals surface area contributed by atoms with Crippen molar-refractivity contribution in [3.63, 3.8) is 0 Å². The lowest BCUT2D eigenvalue weighted by Gasteiger charge is -2.08. The van der Waals surface area contributed by atoms with Gasteiger partial charge in [0.2, 0.25) is 5.91 Å². The van der Waals surface area contributed by atoms with Crippen LogP contribution in [0.15, 0.2) is 28.8 Å². The summed E-state index contributed by atoms with van der Waals surface area (Å²) in [5, 5.41) is 2.71. The number of benzene rings is 1. The first-order valence-corrected chi connectivity index (χ1v) is 5.99. The number of fused-ring (bicyclic) bond motifs is 1. The van der Waals surface area contributed by atoms with Crippen LogP contribution in [0, 0.1) is 0 Å². The number of hydrogen-bond donors (Lipinski definition) is 1. The first kappa shape index (κ1) is 12.1. The number of nitrogens with one attached hydrogen (secondary N) is 1. The third-order valence-corrected chi connectivity index (χ3v) is 3.05. The van der Waals surface area contributed by atoms with Gasteiger partial charge in [0.25, 0.3) is 0 Å². The van der Waals surface area contributed by atoms with Crippen LogP contribution in [0.2, 0.25) is 0 Å². The minimum absolute atomic E-state index is 0.334. The molecule has 1 aromatic rings. The summed E-state index contributed by atoms with van der Waals surface area (Å²) in [4.78, 5) is 11.4. The zero-order chi connectivity index (χ0) is 12.3. The van der Waals surface area contributed by atoms with E-state index in [0.717, 1.165) is 22.2 Å². The zero-order valence-corrected chi connectivity index (χ0v) is 10.6. The minimum atomic E-state index is -0.644. The van der Waals surface area contributed by atoms with E-state index in [0.29, 0.717) is 12.3 Å². The lowest BCUT2D eigenvalue weighted by atomic mass is 10.1. The Labute approximate surface area is 107 Å². The molecule has 1 aliphatic heterocycles. The summed E-state index contributed by atoms with van der Waals surface area (Å²) >= 11 is 3.39. The molecule has 0 fully saturated rings. The molecule has 1 heterocycles. The van der Waals surface area contributed by atoms with Gasteiger partial charge in [0.05, 0.1) is 11.1 Å². The van der Waals surface area contributed by atoms with Gasteiger partial charge in [-0.25, -0.2) is 4.39 Å². The normalized spacial score (nSPS) is 13.5. The van der Waals surface area contributed by atoms with Crippen LogP contribution in [0.25, 0.3) is 0 Å². The van der Waals surface area contributed by atoms with Crippen molar-refractivity contribution in [3.05, 3.63) is 34.3 Å². The number of ether oxygens (including phenoxy) is 1. The number of rotatable bonds is 3. The lowest BCUT2D eigenvalue weighted by Crippen LogP contribution is -2.09. The number of hydrogen-bond acceptors (Lipinski definition) is 2. The number of allylic oxidation sites excluding steroid dienone is 1. The van der Waals surface area contributed by atoms with Crippen molar-refractivity contribution in [2.45, 2.75) is 6.42 Å². The monoisotopic (exact) mass is 299 g/mol. The molecule has 0 aliphatic carbocycles. The summed E-state index contributed by atoms with van der Waals surface area (Å²) in [5.41, 5.74) is 1.69. The summed E-state index contributed by atoms with van der Waals surface area (Å²) < 4.78 is 18.2. The van der Waals surface area contributed by atoms with E-state index in [-0.39, 0.29) is 5.91 Å². The van der Waals surface area contributed by atoms with Crippen molar-refractivity contribution in [3.8, 4) is 5.75 Å². The van der Waals surface area contributed by atoms with Gasteiger partial charge in [0.15, 0.2) is 0 Å². The highest BCUT2D eigenvalue weighted by Gasteiger charge is 2.19. The van der Waals surface area contributed by atoms with Crippen LogP contribution in [0.5, 0.6) is 5.75 Å². The fraction of sp³-hybridized carbons (Fsp3) is 0.250. The van der Waals surface area contributed by atoms with E-state index < -0.39 is 6.67 Å². The van der Waals surface area contributed by atoms with Crippen molar-refractivity contribution in [1.82, 2.24) is 0 Å². The molecular formula is C12H11BrFNO2. The van der Waals surface area contributed by atoms with Gasteiger partial charge < -0.3 is 10.1 Å². The van der Waals surface area contributed by atoms with Crippen LogP contribution >= 0.6 is 15.9 Å². The van der Waals surface area contributed by atoms with Gasteiger partial charge in [0, 0.05) is 23.7 Å². The van der Waals surface area contributed by atoms with E-state index in [1.165, 1.54) is 12.2 Å². The van der Waals surface area contributed by atoms with Gasteiger partial charge in [-0.1, -0.05) is 0 Å². The van der Waals surface area contributed by atoms with Crippen molar-refractivity contribution in [1.29, 1.82) is 0 Å². The Kier molecular flexibility index (Phi) is 3.78. The number of anilines is 1. The Balaban J connectivity index is 2.20. The van der Waals surface area contributed by atoms with Crippen LogP contribution in [0.4, 0.5) is 10.1 Å². The molecule has 0 bridgehead atoms. The maximum absolute atomic E-state index is 11.9. The van der Waals surface area contributed by atoms with Crippen LogP contribution in [0.3, 0.4) is 0 Å². The molecule has 17 heavy (non-hydrogen) atoms. The molecule has 0 unspecified atom stereocenters. The Morgan fingerprint density at radius 1 is 1.59 bits per heavy atom. The summed E-state index contributed by atoms with van der Waals surface area (Å²) in [5.74, 6) is 0.441. The third-order valence-electron chi connectivity index (χ3n) is 2.43. The van der Waals surface area contributed by atoms with E-state index in [4.69, 9.17) is 4.74 Å². The number of carbonyl (C=O) groups excluding carboxylic acids is 1. The molecule has 90 valence electrons. The molecule has 2 rings (SSSR count). The maximum Gasteiger partial charge on any atom is 0.248 e. The molecule has 0 radical (unpaired) electrons. The minimum Gasteiger partial charge on any atom is -0.492 e. The molecule has 3 nitrogen and oxygen atoms in total. The highest BCUT2D eigenvalue weighted by atomic mass is 79.9. The van der Waals surface area contributed by atoms with Crippen molar-refractivity contribution in [2.24, 2.45) is 0 Å². The summed E-state index contributed by atoms with van der Waals surface area (Å²) in [6, 6.07) is 3.62. The average Bonchev–Trinajstić information content (AvgIpc) is 2.80. The van der Waals surface area contributed by atoms with Crippen LogP contribution in [-0.4, -0.2) is 19.2 Å². The molecule has 5 heteroatoms. The van der Waals surface area contributed by atoms with E-state index in [1.807, 2.05) is 6.07 Å². The molecule has 0 spiro atoms. The topological polar surface area (TPSA) is 38.3 Å². The smallest absolute Gasteiger partial charge is 0.248 e. The Bertz CT molecular complexity index is 474. The molecule has 1 aromatic carbocycles.